The van der Waals surface area contributed by atoms with Crippen LogP contribution in [0.3, 0.4) is 0 Å². The van der Waals surface area contributed by atoms with Crippen molar-refractivity contribution in [1.82, 2.24) is 4.90 Å². The van der Waals surface area contributed by atoms with Gasteiger partial charge < -0.3 is 15.1 Å². The van der Waals surface area contributed by atoms with E-state index in [1.54, 1.807) is 6.07 Å². The summed E-state index contributed by atoms with van der Waals surface area (Å²) in [6, 6.07) is 3.52. The zero-order valence-electron chi connectivity index (χ0n) is 9.72. The molecule has 0 unspecified atom stereocenters. The molecule has 2 rings (SSSR count). The Morgan fingerprint density at radius 1 is 1.32 bits per heavy atom. The van der Waals surface area contributed by atoms with Gasteiger partial charge in [-0.1, -0.05) is 29.3 Å². The molecule has 0 bridgehead atoms. The van der Waals surface area contributed by atoms with Gasteiger partial charge in [-0.2, -0.15) is 0 Å². The van der Waals surface area contributed by atoms with Crippen LogP contribution >= 0.6 is 23.2 Å². The van der Waals surface area contributed by atoms with Crippen LogP contribution in [0.25, 0.3) is 0 Å². The van der Waals surface area contributed by atoms with Crippen LogP contribution in [0.4, 0.5) is 0 Å². The van der Waals surface area contributed by atoms with Gasteiger partial charge in [0.25, 0.3) is 5.91 Å². The second-order valence-corrected chi connectivity index (χ2v) is 5.09. The van der Waals surface area contributed by atoms with Gasteiger partial charge in [-0.25, -0.2) is 4.79 Å². The maximum absolute atomic E-state index is 12.3. The van der Waals surface area contributed by atoms with E-state index in [1.807, 2.05) is 0 Å². The number of likely N-dealkylation sites (tertiary alicyclic amines) is 1. The molecule has 1 aliphatic heterocycles. The van der Waals surface area contributed by atoms with Gasteiger partial charge in [-0.3, -0.25) is 4.79 Å². The Hall–Kier alpha value is -1.30. The van der Waals surface area contributed by atoms with Crippen LogP contribution in [0.15, 0.2) is 18.2 Å². The molecular formula is C12H11Cl2NO4. The summed E-state index contributed by atoms with van der Waals surface area (Å²) in [6.45, 7) is -0.0291. The zero-order chi connectivity index (χ0) is 14.2. The van der Waals surface area contributed by atoms with E-state index in [0.29, 0.717) is 0 Å². The van der Waals surface area contributed by atoms with Gasteiger partial charge in [-0.05, 0) is 12.1 Å². The molecule has 1 aliphatic rings. The zero-order valence-corrected chi connectivity index (χ0v) is 11.2. The number of carboxylic acids is 1. The van der Waals surface area contributed by atoms with E-state index in [4.69, 9.17) is 28.3 Å². The molecule has 1 fully saturated rings. The van der Waals surface area contributed by atoms with Crippen LogP contribution in [0.1, 0.15) is 16.8 Å². The fraction of sp³-hybridized carbons (Fsp3) is 0.333. The second kappa shape index (κ2) is 5.36. The second-order valence-electron chi connectivity index (χ2n) is 4.30. The van der Waals surface area contributed by atoms with Gasteiger partial charge in [0, 0.05) is 13.0 Å². The quantitative estimate of drug-likeness (QED) is 0.871. The van der Waals surface area contributed by atoms with Crippen molar-refractivity contribution < 1.29 is 19.8 Å². The first kappa shape index (κ1) is 14.1. The van der Waals surface area contributed by atoms with Crippen LogP contribution in [-0.4, -0.2) is 45.7 Å². The Kier molecular flexibility index (Phi) is 3.99. The van der Waals surface area contributed by atoms with Crippen LogP contribution < -0.4 is 0 Å². The number of hydrogen-bond donors (Lipinski definition) is 2. The molecule has 102 valence electrons. The SMILES string of the molecule is O=C(O)[C@@H]1C[C@H](O)CN1C(=O)c1cccc(Cl)c1Cl. The summed E-state index contributed by atoms with van der Waals surface area (Å²) in [5, 5.41) is 18.9. The van der Waals surface area contributed by atoms with Gasteiger partial charge in [0.15, 0.2) is 0 Å². The molecule has 1 saturated heterocycles. The Balaban J connectivity index is 2.33. The lowest BCUT2D eigenvalue weighted by atomic mass is 10.1. The average Bonchev–Trinajstić information content (AvgIpc) is 2.74. The maximum atomic E-state index is 12.3. The fourth-order valence-corrected chi connectivity index (χ4v) is 2.48. The molecule has 2 atom stereocenters. The molecule has 19 heavy (non-hydrogen) atoms. The first-order valence-corrected chi connectivity index (χ1v) is 6.33. The maximum Gasteiger partial charge on any atom is 0.326 e. The van der Waals surface area contributed by atoms with E-state index in [9.17, 15) is 14.7 Å². The first-order valence-electron chi connectivity index (χ1n) is 5.57. The van der Waals surface area contributed by atoms with E-state index in [2.05, 4.69) is 0 Å². The van der Waals surface area contributed by atoms with E-state index < -0.39 is 24.0 Å². The van der Waals surface area contributed by atoms with Crippen LogP contribution in [0.5, 0.6) is 0 Å². The fourth-order valence-electron chi connectivity index (χ4n) is 2.10. The molecule has 0 aliphatic carbocycles. The highest BCUT2D eigenvalue weighted by Gasteiger charge is 2.39. The van der Waals surface area contributed by atoms with Gasteiger partial charge in [0.2, 0.25) is 0 Å². The van der Waals surface area contributed by atoms with Crippen molar-refractivity contribution in [2.24, 2.45) is 0 Å². The Morgan fingerprint density at radius 3 is 2.63 bits per heavy atom. The number of carbonyl (C=O) groups excluding carboxylic acids is 1. The predicted molar refractivity (Wildman–Crippen MR) is 69.5 cm³/mol. The van der Waals surface area contributed by atoms with Crippen molar-refractivity contribution >= 4 is 35.1 Å². The molecule has 2 N–H and O–H groups in total. The summed E-state index contributed by atoms with van der Waals surface area (Å²) in [7, 11) is 0. The highest BCUT2D eigenvalue weighted by atomic mass is 35.5. The highest BCUT2D eigenvalue weighted by molar-refractivity contribution is 6.43. The summed E-state index contributed by atoms with van der Waals surface area (Å²) in [5.41, 5.74) is 0.134. The third-order valence-electron chi connectivity index (χ3n) is 3.01. The molecule has 0 saturated carbocycles. The molecule has 7 heteroatoms. The number of halogens is 2. The number of rotatable bonds is 2. The van der Waals surface area contributed by atoms with Crippen LogP contribution in [0.2, 0.25) is 10.0 Å². The summed E-state index contributed by atoms with van der Waals surface area (Å²) in [4.78, 5) is 24.5. The molecular weight excluding hydrogens is 293 g/mol. The van der Waals surface area contributed by atoms with Gasteiger partial charge in [0.1, 0.15) is 6.04 Å². The van der Waals surface area contributed by atoms with Crippen molar-refractivity contribution in [3.8, 4) is 0 Å². The Bertz CT molecular complexity index is 534. The lowest BCUT2D eigenvalue weighted by Gasteiger charge is -2.21. The van der Waals surface area contributed by atoms with Crippen molar-refractivity contribution in [2.75, 3.05) is 6.54 Å². The number of amides is 1. The smallest absolute Gasteiger partial charge is 0.326 e. The number of β-amino-alcohol motifs (C(OH)–C–C–N with tert-alkyl or cyclic N) is 1. The number of aliphatic carboxylic acids is 1. The molecule has 1 heterocycles. The lowest BCUT2D eigenvalue weighted by Crippen LogP contribution is -2.40. The van der Waals surface area contributed by atoms with Crippen LogP contribution in [-0.2, 0) is 4.79 Å². The van der Waals surface area contributed by atoms with Gasteiger partial charge in [0.05, 0.1) is 21.7 Å². The summed E-state index contributed by atoms with van der Waals surface area (Å²) >= 11 is 11.8. The number of carbonyl (C=O) groups is 2. The number of benzene rings is 1. The molecule has 0 spiro atoms. The third kappa shape index (κ3) is 2.68. The Morgan fingerprint density at radius 2 is 2.00 bits per heavy atom. The summed E-state index contributed by atoms with van der Waals surface area (Å²) < 4.78 is 0. The molecule has 0 radical (unpaired) electrons. The van der Waals surface area contributed by atoms with Crippen molar-refractivity contribution in [1.29, 1.82) is 0 Å². The number of aliphatic hydroxyl groups is 1. The largest absolute Gasteiger partial charge is 0.480 e. The molecule has 0 aromatic heterocycles. The number of aliphatic hydroxyl groups excluding tert-OH is 1. The van der Waals surface area contributed by atoms with Crippen molar-refractivity contribution in [3.05, 3.63) is 33.8 Å². The van der Waals surface area contributed by atoms with E-state index >= 15 is 0 Å². The first-order chi connectivity index (χ1) is 8.91. The monoisotopic (exact) mass is 303 g/mol. The minimum atomic E-state index is -1.15. The van der Waals surface area contributed by atoms with Gasteiger partial charge in [-0.15, -0.1) is 0 Å². The molecule has 1 amide bonds. The van der Waals surface area contributed by atoms with E-state index in [1.165, 1.54) is 12.1 Å². The van der Waals surface area contributed by atoms with Gasteiger partial charge >= 0.3 is 5.97 Å². The van der Waals surface area contributed by atoms with E-state index in [-0.39, 0.29) is 28.6 Å². The summed E-state index contributed by atoms with van der Waals surface area (Å²) in [5.74, 6) is -1.69. The van der Waals surface area contributed by atoms with Crippen molar-refractivity contribution in [2.45, 2.75) is 18.6 Å². The third-order valence-corrected chi connectivity index (χ3v) is 3.83. The normalized spacial score (nSPS) is 22.6. The number of nitrogens with zero attached hydrogens (tertiary/aromatic N) is 1. The van der Waals surface area contributed by atoms with E-state index in [0.717, 1.165) is 4.90 Å². The average molecular weight is 304 g/mol. The predicted octanol–water partition coefficient (Wildman–Crippen LogP) is 1.65. The van der Waals surface area contributed by atoms with Crippen molar-refractivity contribution in [3.63, 3.8) is 0 Å². The lowest BCUT2D eigenvalue weighted by molar-refractivity contribution is -0.141. The Labute approximate surface area is 119 Å². The highest BCUT2D eigenvalue weighted by Crippen LogP contribution is 2.29. The standard InChI is InChI=1S/C12H11Cl2NO4/c13-8-3-1-2-7(10(8)14)11(17)15-5-6(16)4-9(15)12(18)19/h1-3,6,9,16H,4-5H2,(H,18,19)/t6-,9-/m0/s1. The number of carboxylic acid groups (broad SMARTS) is 1. The minimum absolute atomic E-state index is 0.0132. The molecule has 1 aromatic carbocycles. The minimum Gasteiger partial charge on any atom is -0.480 e. The number of hydrogen-bond acceptors (Lipinski definition) is 3. The summed E-state index contributed by atoms with van der Waals surface area (Å²) in [6.07, 6.45) is -0.831. The molecule has 5 nitrogen and oxygen atoms in total. The molecule has 1 aromatic rings. The topological polar surface area (TPSA) is 77.8 Å². The van der Waals surface area contributed by atoms with Crippen LogP contribution in [0, 0.1) is 0 Å².